The van der Waals surface area contributed by atoms with Crippen molar-refractivity contribution in [3.63, 3.8) is 0 Å². The summed E-state index contributed by atoms with van der Waals surface area (Å²) in [5.74, 6) is -0.733. The molecular weight excluding hydrogens is 425 g/mol. The maximum Gasteiger partial charge on any atom is 0.416 e. The number of aliphatic hydroxyl groups is 1. The molecule has 2 aliphatic rings. The van der Waals surface area contributed by atoms with Crippen LogP contribution in [0.5, 0.6) is 0 Å². The molecule has 4 rings (SSSR count). The highest BCUT2D eigenvalue weighted by molar-refractivity contribution is 5.95. The highest BCUT2D eigenvalue weighted by Crippen LogP contribution is 2.31. The molecular formula is C23H23F3N2O4. The fourth-order valence-electron chi connectivity index (χ4n) is 3.90. The van der Waals surface area contributed by atoms with Gasteiger partial charge in [-0.2, -0.15) is 13.2 Å². The molecule has 0 bridgehead atoms. The molecule has 2 saturated heterocycles. The zero-order chi connectivity index (χ0) is 22.9. The largest absolute Gasteiger partial charge is 0.416 e. The molecule has 0 aromatic heterocycles. The molecule has 0 saturated carbocycles. The molecule has 2 fully saturated rings. The average Bonchev–Trinajstić information content (AvgIpc) is 2.77. The van der Waals surface area contributed by atoms with Crippen LogP contribution in [0, 0.1) is 5.92 Å². The minimum atomic E-state index is -4.42. The first-order valence-electron chi connectivity index (χ1n) is 10.3. The molecule has 9 heteroatoms. The maximum absolute atomic E-state index is 12.8. The number of amides is 2. The Kier molecular flexibility index (Phi) is 5.96. The van der Waals surface area contributed by atoms with Crippen molar-refractivity contribution in [2.75, 3.05) is 31.6 Å². The molecule has 6 nitrogen and oxygen atoms in total. The van der Waals surface area contributed by atoms with Crippen LogP contribution in [0.2, 0.25) is 0 Å². The Morgan fingerprint density at radius 2 is 1.59 bits per heavy atom. The quantitative estimate of drug-likeness (QED) is 0.752. The lowest BCUT2D eigenvalue weighted by molar-refractivity contribution is -0.184. The van der Waals surface area contributed by atoms with Gasteiger partial charge in [-0.1, -0.05) is 12.1 Å². The number of alkyl halides is 3. The first kappa shape index (κ1) is 22.3. The predicted molar refractivity (Wildman–Crippen MR) is 110 cm³/mol. The van der Waals surface area contributed by atoms with Crippen molar-refractivity contribution in [1.29, 1.82) is 0 Å². The Balaban J connectivity index is 1.29. The van der Waals surface area contributed by atoms with Gasteiger partial charge in [-0.15, -0.1) is 0 Å². The summed E-state index contributed by atoms with van der Waals surface area (Å²) in [5, 5.41) is 12.9. The molecule has 0 spiro atoms. The van der Waals surface area contributed by atoms with Crippen LogP contribution in [0.3, 0.4) is 0 Å². The fraction of sp³-hybridized carbons (Fsp3) is 0.391. The van der Waals surface area contributed by atoms with E-state index in [9.17, 15) is 27.9 Å². The van der Waals surface area contributed by atoms with Crippen LogP contribution in [-0.2, 0) is 21.3 Å². The van der Waals surface area contributed by atoms with Crippen LogP contribution in [0.1, 0.15) is 34.3 Å². The number of carbonyl (C=O) groups is 2. The summed E-state index contributed by atoms with van der Waals surface area (Å²) < 4.78 is 43.0. The number of hydrogen-bond acceptors (Lipinski definition) is 4. The molecule has 32 heavy (non-hydrogen) atoms. The van der Waals surface area contributed by atoms with E-state index in [-0.39, 0.29) is 30.9 Å². The summed E-state index contributed by atoms with van der Waals surface area (Å²) in [6, 6.07) is 11.1. The molecule has 2 amide bonds. The number of halogens is 3. The third kappa shape index (κ3) is 4.63. The molecule has 2 heterocycles. The predicted octanol–water partition coefficient (Wildman–Crippen LogP) is 3.41. The molecule has 2 aliphatic heterocycles. The Morgan fingerprint density at radius 1 is 1.00 bits per heavy atom. The van der Waals surface area contributed by atoms with Crippen LogP contribution in [-0.4, -0.2) is 48.1 Å². The van der Waals surface area contributed by atoms with E-state index in [1.54, 1.807) is 29.2 Å². The standard InChI is InChI=1S/C23H23F3N2O4/c24-23(25,26)18-5-7-19(8-6-18)27-20(29)15-9-11-28(12-10-15)21(30)16-1-3-17(4-2-16)22(31)13-32-14-22/h1-8,15,31H,9-14H2,(H,27,29). The van der Waals surface area contributed by atoms with Crippen molar-refractivity contribution in [1.82, 2.24) is 4.90 Å². The van der Waals surface area contributed by atoms with Crippen LogP contribution in [0.25, 0.3) is 0 Å². The number of benzene rings is 2. The maximum atomic E-state index is 12.8. The molecule has 0 unspecified atom stereocenters. The lowest BCUT2D eigenvalue weighted by atomic mass is 9.91. The lowest BCUT2D eigenvalue weighted by Gasteiger charge is -2.36. The number of hydrogen-bond donors (Lipinski definition) is 2. The number of nitrogens with zero attached hydrogens (tertiary/aromatic N) is 1. The highest BCUT2D eigenvalue weighted by Gasteiger charge is 2.38. The summed E-state index contributed by atoms with van der Waals surface area (Å²) in [6.45, 7) is 1.29. The topological polar surface area (TPSA) is 78.9 Å². The van der Waals surface area contributed by atoms with Gasteiger partial charge in [0, 0.05) is 30.3 Å². The molecule has 2 aromatic rings. The summed E-state index contributed by atoms with van der Waals surface area (Å²) in [6.07, 6.45) is -3.49. The van der Waals surface area contributed by atoms with Crippen LogP contribution in [0.15, 0.2) is 48.5 Å². The molecule has 2 aromatic carbocycles. The van der Waals surface area contributed by atoms with E-state index in [0.717, 1.165) is 12.1 Å². The summed E-state index contributed by atoms with van der Waals surface area (Å²) in [5.41, 5.74) is -0.241. The van der Waals surface area contributed by atoms with Gasteiger partial charge in [-0.05, 0) is 54.8 Å². The summed E-state index contributed by atoms with van der Waals surface area (Å²) in [4.78, 5) is 26.9. The second kappa shape index (κ2) is 8.55. The number of likely N-dealkylation sites (tertiary alicyclic amines) is 1. The molecule has 0 atom stereocenters. The third-order valence-electron chi connectivity index (χ3n) is 5.98. The van der Waals surface area contributed by atoms with Gasteiger partial charge >= 0.3 is 6.18 Å². The normalized spacial score (nSPS) is 18.7. The van der Waals surface area contributed by atoms with E-state index in [1.165, 1.54) is 12.1 Å². The first-order chi connectivity index (χ1) is 15.2. The van der Waals surface area contributed by atoms with E-state index in [0.29, 0.717) is 42.7 Å². The second-order valence-corrected chi connectivity index (χ2v) is 8.23. The minimum Gasteiger partial charge on any atom is -0.380 e. The van der Waals surface area contributed by atoms with Gasteiger partial charge in [0.15, 0.2) is 0 Å². The lowest BCUT2D eigenvalue weighted by Crippen LogP contribution is -2.46. The van der Waals surface area contributed by atoms with Gasteiger partial charge in [0.05, 0.1) is 18.8 Å². The van der Waals surface area contributed by atoms with Crippen LogP contribution in [0.4, 0.5) is 18.9 Å². The zero-order valence-electron chi connectivity index (χ0n) is 17.2. The van der Waals surface area contributed by atoms with Gasteiger partial charge in [-0.3, -0.25) is 9.59 Å². The van der Waals surface area contributed by atoms with Crippen molar-refractivity contribution in [3.05, 3.63) is 65.2 Å². The van der Waals surface area contributed by atoms with Gasteiger partial charge in [-0.25, -0.2) is 0 Å². The number of rotatable bonds is 4. The number of carbonyl (C=O) groups excluding carboxylic acids is 2. The smallest absolute Gasteiger partial charge is 0.380 e. The second-order valence-electron chi connectivity index (χ2n) is 8.23. The van der Waals surface area contributed by atoms with E-state index in [4.69, 9.17) is 4.74 Å². The Hall–Kier alpha value is -2.91. The third-order valence-corrected chi connectivity index (χ3v) is 5.98. The number of anilines is 1. The van der Waals surface area contributed by atoms with Crippen molar-refractivity contribution in [3.8, 4) is 0 Å². The average molecular weight is 448 g/mol. The fourth-order valence-corrected chi connectivity index (χ4v) is 3.90. The SMILES string of the molecule is O=C(Nc1ccc(C(F)(F)F)cc1)C1CCN(C(=O)c2ccc(C3(O)COC3)cc2)CC1. The monoisotopic (exact) mass is 448 g/mol. The summed E-state index contributed by atoms with van der Waals surface area (Å²) in [7, 11) is 0. The molecule has 0 aliphatic carbocycles. The number of ether oxygens (including phenoxy) is 1. The molecule has 0 radical (unpaired) electrons. The van der Waals surface area contributed by atoms with E-state index >= 15 is 0 Å². The van der Waals surface area contributed by atoms with Gasteiger partial charge in [0.2, 0.25) is 5.91 Å². The van der Waals surface area contributed by atoms with Gasteiger partial charge < -0.3 is 20.1 Å². The van der Waals surface area contributed by atoms with Gasteiger partial charge in [0.1, 0.15) is 5.60 Å². The summed E-state index contributed by atoms with van der Waals surface area (Å²) >= 11 is 0. The first-order valence-corrected chi connectivity index (χ1v) is 10.3. The van der Waals surface area contributed by atoms with Gasteiger partial charge in [0.25, 0.3) is 5.91 Å². The van der Waals surface area contributed by atoms with Crippen LogP contribution >= 0.6 is 0 Å². The number of nitrogens with one attached hydrogen (secondary N) is 1. The molecule has 170 valence electrons. The van der Waals surface area contributed by atoms with Crippen molar-refractivity contribution >= 4 is 17.5 Å². The Labute approximate surface area is 183 Å². The Bertz CT molecular complexity index is 978. The Morgan fingerprint density at radius 3 is 2.09 bits per heavy atom. The van der Waals surface area contributed by atoms with Crippen molar-refractivity contribution in [2.24, 2.45) is 5.92 Å². The van der Waals surface area contributed by atoms with Crippen molar-refractivity contribution in [2.45, 2.75) is 24.6 Å². The zero-order valence-corrected chi connectivity index (χ0v) is 17.2. The van der Waals surface area contributed by atoms with Crippen molar-refractivity contribution < 1.29 is 32.6 Å². The van der Waals surface area contributed by atoms with Crippen LogP contribution < -0.4 is 5.32 Å². The minimum absolute atomic E-state index is 0.144. The molecule has 2 N–H and O–H groups in total. The number of piperidine rings is 1. The highest BCUT2D eigenvalue weighted by atomic mass is 19.4. The van der Waals surface area contributed by atoms with E-state index in [2.05, 4.69) is 5.32 Å². The van der Waals surface area contributed by atoms with E-state index in [1.807, 2.05) is 0 Å². The van der Waals surface area contributed by atoms with E-state index < -0.39 is 17.3 Å².